The van der Waals surface area contributed by atoms with Crippen molar-refractivity contribution >= 4 is 0 Å². The van der Waals surface area contributed by atoms with E-state index in [0.717, 1.165) is 18.2 Å². The number of hydrogen-bond donors (Lipinski definition) is 1. The highest BCUT2D eigenvalue weighted by atomic mass is 16.3. The van der Waals surface area contributed by atoms with Crippen molar-refractivity contribution in [1.29, 1.82) is 0 Å². The molecule has 3 heteroatoms. The van der Waals surface area contributed by atoms with Crippen LogP contribution in [0.5, 0.6) is 0 Å². The number of aliphatic hydroxyl groups is 1. The van der Waals surface area contributed by atoms with Gasteiger partial charge in [-0.05, 0) is 78.0 Å². The van der Waals surface area contributed by atoms with Crippen molar-refractivity contribution in [3.05, 3.63) is 35.4 Å². The van der Waals surface area contributed by atoms with Crippen molar-refractivity contribution in [1.82, 2.24) is 9.80 Å². The zero-order valence-corrected chi connectivity index (χ0v) is 15.0. The van der Waals surface area contributed by atoms with Gasteiger partial charge in [0.15, 0.2) is 0 Å². The van der Waals surface area contributed by atoms with Gasteiger partial charge >= 0.3 is 0 Å². The molecule has 0 aromatic heterocycles. The van der Waals surface area contributed by atoms with Crippen LogP contribution in [0, 0.1) is 11.8 Å². The molecule has 1 atom stereocenters. The van der Waals surface area contributed by atoms with E-state index in [1.54, 1.807) is 13.8 Å². The summed E-state index contributed by atoms with van der Waals surface area (Å²) in [5, 5.41) is 9.65. The third-order valence-corrected chi connectivity index (χ3v) is 4.39. The Morgan fingerprint density at radius 2 is 1.87 bits per heavy atom. The Kier molecular flexibility index (Phi) is 6.24. The Morgan fingerprint density at radius 3 is 2.48 bits per heavy atom. The molecule has 1 aliphatic rings. The van der Waals surface area contributed by atoms with E-state index in [1.165, 1.54) is 37.9 Å². The molecular weight excluding hydrogens is 284 g/mol. The molecule has 1 aromatic rings. The number of rotatable bonds is 3. The molecule has 1 fully saturated rings. The largest absolute Gasteiger partial charge is 0.378 e. The summed E-state index contributed by atoms with van der Waals surface area (Å²) in [5.41, 5.74) is 1.36. The van der Waals surface area contributed by atoms with Crippen molar-refractivity contribution in [3.63, 3.8) is 0 Å². The first-order valence-electron chi connectivity index (χ1n) is 8.57. The van der Waals surface area contributed by atoms with E-state index in [9.17, 15) is 5.11 Å². The molecule has 0 radical (unpaired) electrons. The first-order chi connectivity index (χ1) is 10.8. The zero-order valence-electron chi connectivity index (χ0n) is 15.0. The van der Waals surface area contributed by atoms with Crippen LogP contribution in [0.4, 0.5) is 0 Å². The number of nitrogens with zero attached hydrogens (tertiary/aromatic N) is 2. The summed E-state index contributed by atoms with van der Waals surface area (Å²) in [5.74, 6) is 5.88. The highest BCUT2D eigenvalue weighted by Gasteiger charge is 2.18. The van der Waals surface area contributed by atoms with Crippen LogP contribution in [0.15, 0.2) is 24.3 Å². The molecular formula is C20H30N2O. The van der Waals surface area contributed by atoms with Gasteiger partial charge in [-0.25, -0.2) is 0 Å². The van der Waals surface area contributed by atoms with Crippen molar-refractivity contribution in [2.45, 2.75) is 51.3 Å². The fourth-order valence-electron chi connectivity index (χ4n) is 2.99. The molecule has 1 heterocycles. The SMILES string of the molecule is CN(C)C1CCCN(Cc2ccc(C#CC(C)(C)O)cc2)CC1. The van der Waals surface area contributed by atoms with Crippen molar-refractivity contribution < 1.29 is 5.11 Å². The summed E-state index contributed by atoms with van der Waals surface area (Å²) in [6, 6.07) is 9.13. The molecule has 0 saturated carbocycles. The summed E-state index contributed by atoms with van der Waals surface area (Å²) in [4.78, 5) is 4.92. The molecule has 126 valence electrons. The molecule has 0 spiro atoms. The first kappa shape index (κ1) is 18.0. The van der Waals surface area contributed by atoms with Gasteiger partial charge in [-0.1, -0.05) is 24.0 Å². The van der Waals surface area contributed by atoms with Crippen LogP contribution in [0.25, 0.3) is 0 Å². The lowest BCUT2D eigenvalue weighted by atomic mass is 10.1. The summed E-state index contributed by atoms with van der Waals surface area (Å²) in [6.07, 6.45) is 3.83. The molecule has 1 N–H and O–H groups in total. The van der Waals surface area contributed by atoms with Gasteiger partial charge in [0, 0.05) is 18.2 Å². The van der Waals surface area contributed by atoms with Gasteiger partial charge < -0.3 is 10.0 Å². The maximum atomic E-state index is 9.65. The third kappa shape index (κ3) is 6.35. The lowest BCUT2D eigenvalue weighted by molar-refractivity contribution is 0.143. The van der Waals surface area contributed by atoms with E-state index >= 15 is 0 Å². The Bertz CT molecular complexity index is 546. The minimum Gasteiger partial charge on any atom is -0.378 e. The van der Waals surface area contributed by atoms with Crippen LogP contribution in [-0.4, -0.2) is 53.7 Å². The van der Waals surface area contributed by atoms with Gasteiger partial charge in [-0.3, -0.25) is 4.90 Å². The maximum Gasteiger partial charge on any atom is 0.120 e. The fourth-order valence-corrected chi connectivity index (χ4v) is 2.99. The molecule has 0 amide bonds. The van der Waals surface area contributed by atoms with Crippen molar-refractivity contribution in [2.75, 3.05) is 27.2 Å². The Balaban J connectivity index is 1.92. The van der Waals surface area contributed by atoms with Crippen LogP contribution >= 0.6 is 0 Å². The Morgan fingerprint density at radius 1 is 1.17 bits per heavy atom. The summed E-state index contributed by atoms with van der Waals surface area (Å²) in [7, 11) is 4.38. The molecule has 1 aliphatic heterocycles. The maximum absolute atomic E-state index is 9.65. The fraction of sp³-hybridized carbons (Fsp3) is 0.600. The summed E-state index contributed by atoms with van der Waals surface area (Å²) >= 11 is 0. The summed E-state index contributed by atoms with van der Waals surface area (Å²) < 4.78 is 0. The number of likely N-dealkylation sites (tertiary alicyclic amines) is 1. The molecule has 23 heavy (non-hydrogen) atoms. The Labute approximate surface area is 141 Å². The molecule has 1 saturated heterocycles. The van der Waals surface area contributed by atoms with Crippen LogP contribution in [0.3, 0.4) is 0 Å². The van der Waals surface area contributed by atoms with Crippen LogP contribution in [0.2, 0.25) is 0 Å². The van der Waals surface area contributed by atoms with Crippen LogP contribution in [-0.2, 0) is 6.54 Å². The van der Waals surface area contributed by atoms with E-state index < -0.39 is 5.60 Å². The van der Waals surface area contributed by atoms with E-state index in [4.69, 9.17) is 0 Å². The molecule has 3 nitrogen and oxygen atoms in total. The molecule has 1 aromatic carbocycles. The molecule has 1 unspecified atom stereocenters. The van der Waals surface area contributed by atoms with Gasteiger partial charge in [0.25, 0.3) is 0 Å². The lowest BCUT2D eigenvalue weighted by Gasteiger charge is -2.23. The third-order valence-electron chi connectivity index (χ3n) is 4.39. The van der Waals surface area contributed by atoms with Gasteiger partial charge in [0.05, 0.1) is 0 Å². The monoisotopic (exact) mass is 314 g/mol. The lowest BCUT2D eigenvalue weighted by Crippen LogP contribution is -2.29. The highest BCUT2D eigenvalue weighted by Crippen LogP contribution is 2.17. The smallest absolute Gasteiger partial charge is 0.120 e. The second-order valence-corrected chi connectivity index (χ2v) is 7.33. The molecule has 0 bridgehead atoms. The number of benzene rings is 1. The standard InChI is InChI=1S/C20H30N2O/c1-20(2,23)13-11-17-7-9-18(10-8-17)16-22-14-5-6-19(12-15-22)21(3)4/h7-10,19,23H,5-6,12,14-16H2,1-4H3. The van der Waals surface area contributed by atoms with Crippen LogP contribution < -0.4 is 0 Å². The number of hydrogen-bond acceptors (Lipinski definition) is 3. The van der Waals surface area contributed by atoms with Crippen molar-refractivity contribution in [3.8, 4) is 11.8 Å². The van der Waals surface area contributed by atoms with Gasteiger partial charge in [0.2, 0.25) is 0 Å². The van der Waals surface area contributed by atoms with Gasteiger partial charge in [0.1, 0.15) is 5.60 Å². The van der Waals surface area contributed by atoms with E-state index in [1.807, 2.05) is 0 Å². The topological polar surface area (TPSA) is 26.7 Å². The zero-order chi connectivity index (χ0) is 16.9. The predicted molar refractivity (Wildman–Crippen MR) is 96.2 cm³/mol. The second-order valence-electron chi connectivity index (χ2n) is 7.33. The Hall–Kier alpha value is -1.34. The molecule has 0 aliphatic carbocycles. The van der Waals surface area contributed by atoms with E-state index in [2.05, 4.69) is 60.0 Å². The minimum atomic E-state index is -0.937. The normalized spacial score (nSPS) is 20.0. The first-order valence-corrected chi connectivity index (χ1v) is 8.57. The highest BCUT2D eigenvalue weighted by molar-refractivity contribution is 5.37. The summed E-state index contributed by atoms with van der Waals surface area (Å²) in [6.45, 7) is 6.77. The average molecular weight is 314 g/mol. The van der Waals surface area contributed by atoms with Crippen molar-refractivity contribution in [2.24, 2.45) is 0 Å². The minimum absolute atomic E-state index is 0.722. The average Bonchev–Trinajstić information content (AvgIpc) is 2.71. The second kappa shape index (κ2) is 7.97. The predicted octanol–water partition coefficient (Wildman–Crippen LogP) is 2.73. The van der Waals surface area contributed by atoms with Gasteiger partial charge in [-0.2, -0.15) is 0 Å². The van der Waals surface area contributed by atoms with Gasteiger partial charge in [-0.15, -0.1) is 0 Å². The van der Waals surface area contributed by atoms with Crippen LogP contribution in [0.1, 0.15) is 44.2 Å². The van der Waals surface area contributed by atoms with E-state index in [-0.39, 0.29) is 0 Å². The van der Waals surface area contributed by atoms with E-state index in [0.29, 0.717) is 0 Å². The molecule has 2 rings (SSSR count). The quantitative estimate of drug-likeness (QED) is 0.869.